The van der Waals surface area contributed by atoms with E-state index in [1.165, 1.54) is 4.31 Å². The quantitative estimate of drug-likeness (QED) is 0.638. The van der Waals surface area contributed by atoms with Gasteiger partial charge in [-0.1, -0.05) is 0 Å². The molecule has 1 saturated heterocycles. The Bertz CT molecular complexity index is 577. The second-order valence-corrected chi connectivity index (χ2v) is 7.03. The lowest BCUT2D eigenvalue weighted by Gasteiger charge is -2.28. The standard InChI is InChI=1S/C13H19N3O3S/c1-16(11-4-2-10(3-5-11)13(14)15)20(17,18)12-6-8-19-9-7-12/h2-5,12H,6-9H2,1H3,(H3,14,15). The zero-order valence-electron chi connectivity index (χ0n) is 11.4. The van der Waals surface area contributed by atoms with E-state index in [4.69, 9.17) is 15.9 Å². The molecule has 0 atom stereocenters. The van der Waals surface area contributed by atoms with Crippen molar-refractivity contribution in [1.82, 2.24) is 0 Å². The van der Waals surface area contributed by atoms with Gasteiger partial charge >= 0.3 is 0 Å². The van der Waals surface area contributed by atoms with E-state index in [-0.39, 0.29) is 5.84 Å². The van der Waals surface area contributed by atoms with Gasteiger partial charge in [0.05, 0.1) is 10.9 Å². The van der Waals surface area contributed by atoms with E-state index < -0.39 is 15.3 Å². The molecule has 6 nitrogen and oxygen atoms in total. The zero-order valence-corrected chi connectivity index (χ0v) is 12.2. The van der Waals surface area contributed by atoms with E-state index in [1.54, 1.807) is 31.3 Å². The van der Waals surface area contributed by atoms with Crippen LogP contribution in [0.25, 0.3) is 0 Å². The lowest BCUT2D eigenvalue weighted by Crippen LogP contribution is -2.39. The second kappa shape index (κ2) is 5.80. The highest BCUT2D eigenvalue weighted by Crippen LogP contribution is 2.24. The van der Waals surface area contributed by atoms with E-state index in [0.29, 0.717) is 37.3 Å². The average Bonchev–Trinajstić information content (AvgIpc) is 2.47. The Morgan fingerprint density at radius 2 is 1.85 bits per heavy atom. The van der Waals surface area contributed by atoms with Crippen LogP contribution < -0.4 is 10.0 Å². The molecule has 1 aromatic carbocycles. The highest BCUT2D eigenvalue weighted by atomic mass is 32.2. The highest BCUT2D eigenvalue weighted by molar-refractivity contribution is 7.93. The van der Waals surface area contributed by atoms with Crippen LogP contribution in [-0.2, 0) is 14.8 Å². The van der Waals surface area contributed by atoms with Crippen molar-refractivity contribution in [2.45, 2.75) is 18.1 Å². The summed E-state index contributed by atoms with van der Waals surface area (Å²) in [6.07, 6.45) is 1.05. The first-order chi connectivity index (χ1) is 9.43. The summed E-state index contributed by atoms with van der Waals surface area (Å²) in [5.74, 6) is -0.0357. The maximum Gasteiger partial charge on any atom is 0.237 e. The van der Waals surface area contributed by atoms with E-state index >= 15 is 0 Å². The molecule has 110 valence electrons. The summed E-state index contributed by atoms with van der Waals surface area (Å²) in [6, 6.07) is 6.61. The summed E-state index contributed by atoms with van der Waals surface area (Å²) in [4.78, 5) is 0. The lowest BCUT2D eigenvalue weighted by atomic mass is 10.2. The molecule has 0 aliphatic carbocycles. The Hall–Kier alpha value is -1.60. The fraction of sp³-hybridized carbons (Fsp3) is 0.462. The van der Waals surface area contributed by atoms with Crippen LogP contribution in [0.5, 0.6) is 0 Å². The molecule has 0 radical (unpaired) electrons. The molecule has 2 rings (SSSR count). The van der Waals surface area contributed by atoms with Crippen molar-refractivity contribution in [3.8, 4) is 0 Å². The van der Waals surface area contributed by atoms with Gasteiger partial charge in [0, 0.05) is 25.8 Å². The fourth-order valence-corrected chi connectivity index (χ4v) is 3.85. The van der Waals surface area contributed by atoms with Crippen LogP contribution >= 0.6 is 0 Å². The van der Waals surface area contributed by atoms with Gasteiger partial charge in [0.15, 0.2) is 0 Å². The minimum absolute atomic E-state index is 0.0357. The number of nitrogens with one attached hydrogen (secondary N) is 1. The fourth-order valence-electron chi connectivity index (χ4n) is 2.20. The van der Waals surface area contributed by atoms with Gasteiger partial charge in [0.1, 0.15) is 5.84 Å². The van der Waals surface area contributed by atoms with Gasteiger partial charge in [-0.05, 0) is 37.1 Å². The number of benzene rings is 1. The van der Waals surface area contributed by atoms with Crippen LogP contribution in [0.3, 0.4) is 0 Å². The number of amidine groups is 1. The summed E-state index contributed by atoms with van der Waals surface area (Å²) in [5.41, 5.74) is 6.53. The second-order valence-electron chi connectivity index (χ2n) is 4.78. The van der Waals surface area contributed by atoms with Gasteiger partial charge in [-0.2, -0.15) is 0 Å². The highest BCUT2D eigenvalue weighted by Gasteiger charge is 2.31. The largest absolute Gasteiger partial charge is 0.384 e. The van der Waals surface area contributed by atoms with Crippen molar-refractivity contribution in [2.24, 2.45) is 5.73 Å². The molecule has 1 fully saturated rings. The maximum atomic E-state index is 12.5. The van der Waals surface area contributed by atoms with E-state index in [2.05, 4.69) is 0 Å². The molecule has 1 heterocycles. The van der Waals surface area contributed by atoms with Crippen LogP contribution in [0.1, 0.15) is 18.4 Å². The van der Waals surface area contributed by atoms with Gasteiger partial charge in [-0.15, -0.1) is 0 Å². The van der Waals surface area contributed by atoms with E-state index in [9.17, 15) is 8.42 Å². The minimum atomic E-state index is -3.38. The number of sulfonamides is 1. The SMILES string of the molecule is CN(c1ccc(C(=N)N)cc1)S(=O)(=O)C1CCOCC1. The molecule has 0 spiro atoms. The summed E-state index contributed by atoms with van der Waals surface area (Å²) >= 11 is 0. The minimum Gasteiger partial charge on any atom is -0.384 e. The van der Waals surface area contributed by atoms with Crippen LogP contribution in [0.4, 0.5) is 5.69 Å². The Morgan fingerprint density at radius 3 is 2.35 bits per heavy atom. The lowest BCUT2D eigenvalue weighted by molar-refractivity contribution is 0.0983. The molecule has 20 heavy (non-hydrogen) atoms. The molecule has 1 aromatic rings. The normalized spacial score (nSPS) is 16.9. The van der Waals surface area contributed by atoms with Gasteiger partial charge in [-0.3, -0.25) is 9.71 Å². The summed E-state index contributed by atoms with van der Waals surface area (Å²) in [7, 11) is -1.83. The number of nitrogens with two attached hydrogens (primary N) is 1. The Balaban J connectivity index is 2.20. The Labute approximate surface area is 119 Å². The van der Waals surface area contributed by atoms with E-state index in [0.717, 1.165) is 0 Å². The predicted molar refractivity (Wildman–Crippen MR) is 78.6 cm³/mol. The third-order valence-corrected chi connectivity index (χ3v) is 5.80. The number of hydrogen-bond acceptors (Lipinski definition) is 4. The molecule has 0 aromatic heterocycles. The van der Waals surface area contributed by atoms with Crippen LogP contribution in [0.2, 0.25) is 0 Å². The molecule has 0 amide bonds. The van der Waals surface area contributed by atoms with Crippen molar-refractivity contribution in [2.75, 3.05) is 24.6 Å². The van der Waals surface area contributed by atoms with Gasteiger partial charge in [0.2, 0.25) is 10.0 Å². The summed E-state index contributed by atoms with van der Waals surface area (Å²) in [5, 5.41) is 6.93. The van der Waals surface area contributed by atoms with Gasteiger partial charge in [-0.25, -0.2) is 8.42 Å². The van der Waals surface area contributed by atoms with Crippen LogP contribution in [0, 0.1) is 5.41 Å². The van der Waals surface area contributed by atoms with Crippen LogP contribution in [-0.4, -0.2) is 39.8 Å². The van der Waals surface area contributed by atoms with Crippen molar-refractivity contribution >= 4 is 21.5 Å². The van der Waals surface area contributed by atoms with Crippen molar-refractivity contribution in [3.05, 3.63) is 29.8 Å². The molecule has 0 bridgehead atoms. The van der Waals surface area contributed by atoms with Gasteiger partial charge < -0.3 is 10.5 Å². The molecular formula is C13H19N3O3S. The number of hydrogen-bond donors (Lipinski definition) is 2. The number of nitrogens with zero attached hydrogens (tertiary/aromatic N) is 1. The van der Waals surface area contributed by atoms with Gasteiger partial charge in [0.25, 0.3) is 0 Å². The average molecular weight is 297 g/mol. The number of ether oxygens (including phenoxy) is 1. The first kappa shape index (κ1) is 14.8. The third kappa shape index (κ3) is 2.94. The monoisotopic (exact) mass is 297 g/mol. The van der Waals surface area contributed by atoms with E-state index in [1.807, 2.05) is 0 Å². The molecule has 1 aliphatic rings. The Kier molecular flexibility index (Phi) is 4.29. The van der Waals surface area contributed by atoms with Crippen molar-refractivity contribution < 1.29 is 13.2 Å². The molecular weight excluding hydrogens is 278 g/mol. The summed E-state index contributed by atoms with van der Waals surface area (Å²) < 4.78 is 31.5. The number of anilines is 1. The molecule has 0 unspecified atom stereocenters. The molecule has 3 N–H and O–H groups in total. The van der Waals surface area contributed by atoms with Crippen LogP contribution in [0.15, 0.2) is 24.3 Å². The first-order valence-electron chi connectivity index (χ1n) is 6.43. The van der Waals surface area contributed by atoms with Crippen molar-refractivity contribution in [1.29, 1.82) is 5.41 Å². The number of nitrogen functional groups attached to an aromatic ring is 1. The first-order valence-corrected chi connectivity index (χ1v) is 7.93. The summed E-state index contributed by atoms with van der Waals surface area (Å²) in [6.45, 7) is 0.974. The third-order valence-electron chi connectivity index (χ3n) is 3.51. The van der Waals surface area contributed by atoms with Crippen molar-refractivity contribution in [3.63, 3.8) is 0 Å². The predicted octanol–water partition coefficient (Wildman–Crippen LogP) is 0.916. The molecule has 0 saturated carbocycles. The molecule has 1 aliphatic heterocycles. The smallest absolute Gasteiger partial charge is 0.237 e. The number of rotatable bonds is 4. The zero-order chi connectivity index (χ0) is 14.8. The Morgan fingerprint density at radius 1 is 1.30 bits per heavy atom. The topological polar surface area (TPSA) is 96.5 Å². The maximum absolute atomic E-state index is 12.5. The molecule has 7 heteroatoms.